The van der Waals surface area contributed by atoms with E-state index in [1.807, 2.05) is 20.8 Å². The Morgan fingerprint density at radius 1 is 1.38 bits per heavy atom. The number of hydrogen-bond donors (Lipinski definition) is 2. The number of methoxy groups -OCH3 is 1. The third-order valence-electron chi connectivity index (χ3n) is 3.58. The van der Waals surface area contributed by atoms with E-state index in [4.69, 9.17) is 10.5 Å². The first kappa shape index (κ1) is 20.4. The lowest BCUT2D eigenvalue weighted by Gasteiger charge is -2.29. The van der Waals surface area contributed by atoms with Crippen LogP contribution in [0.4, 0.5) is 11.4 Å². The minimum absolute atomic E-state index is 0. The monoisotopic (exact) mass is 373 g/mol. The van der Waals surface area contributed by atoms with Crippen molar-refractivity contribution in [3.63, 3.8) is 0 Å². The molecule has 1 atom stereocenters. The minimum atomic E-state index is -0.506. The van der Waals surface area contributed by atoms with Crippen molar-refractivity contribution in [2.24, 2.45) is 5.41 Å². The number of nitrogens with one attached hydrogen (secondary N) is 1. The Kier molecular flexibility index (Phi) is 6.80. The number of carbonyl (C=O) groups excluding carboxylic acids is 2. The van der Waals surface area contributed by atoms with Gasteiger partial charge >= 0.3 is 0 Å². The van der Waals surface area contributed by atoms with E-state index in [2.05, 4.69) is 5.32 Å². The first-order chi connectivity index (χ1) is 10.7. The second-order valence-corrected chi connectivity index (χ2v) is 7.49. The largest absolute Gasteiger partial charge is 0.495 e. The zero-order valence-corrected chi connectivity index (χ0v) is 15.9. The molecule has 0 aliphatic carbocycles. The molecule has 1 aliphatic rings. The predicted octanol–water partition coefficient (Wildman–Crippen LogP) is 2.59. The summed E-state index contributed by atoms with van der Waals surface area (Å²) in [7, 11) is 1.54. The van der Waals surface area contributed by atoms with Crippen molar-refractivity contribution in [3.8, 4) is 5.75 Å². The lowest BCUT2D eigenvalue weighted by atomic mass is 9.94. The van der Waals surface area contributed by atoms with E-state index in [0.717, 1.165) is 0 Å². The van der Waals surface area contributed by atoms with Crippen LogP contribution in [0.5, 0.6) is 5.75 Å². The summed E-state index contributed by atoms with van der Waals surface area (Å²) < 4.78 is 5.10. The van der Waals surface area contributed by atoms with Crippen LogP contribution in [0, 0.1) is 5.41 Å². The number of ether oxygens (including phenoxy) is 1. The van der Waals surface area contributed by atoms with Gasteiger partial charge in [-0.15, -0.1) is 24.2 Å². The van der Waals surface area contributed by atoms with Crippen molar-refractivity contribution in [1.29, 1.82) is 0 Å². The predicted molar refractivity (Wildman–Crippen MR) is 101 cm³/mol. The van der Waals surface area contributed by atoms with Crippen molar-refractivity contribution in [2.45, 2.75) is 26.8 Å². The highest BCUT2D eigenvalue weighted by molar-refractivity contribution is 7.99. The van der Waals surface area contributed by atoms with E-state index in [1.165, 1.54) is 7.11 Å². The molecular formula is C16H24ClN3O3S. The summed E-state index contributed by atoms with van der Waals surface area (Å²) in [6.45, 7) is 5.58. The number of rotatable bonds is 3. The molecule has 8 heteroatoms. The summed E-state index contributed by atoms with van der Waals surface area (Å²) in [5, 5.41) is 2.83. The molecule has 1 unspecified atom stereocenters. The van der Waals surface area contributed by atoms with Crippen molar-refractivity contribution in [2.75, 3.05) is 29.8 Å². The quantitative estimate of drug-likeness (QED) is 0.795. The van der Waals surface area contributed by atoms with E-state index in [9.17, 15) is 9.59 Å². The molecule has 0 saturated carbocycles. The Balaban J connectivity index is 0.00000288. The Bertz CT molecular complexity index is 619. The molecule has 1 heterocycles. The van der Waals surface area contributed by atoms with Gasteiger partial charge in [-0.3, -0.25) is 9.59 Å². The van der Waals surface area contributed by atoms with Crippen LogP contribution in [0.3, 0.4) is 0 Å². The van der Waals surface area contributed by atoms with Crippen LogP contribution in [0.2, 0.25) is 0 Å². The molecule has 3 N–H and O–H groups in total. The van der Waals surface area contributed by atoms with Gasteiger partial charge in [0.15, 0.2) is 0 Å². The van der Waals surface area contributed by atoms with Crippen LogP contribution < -0.4 is 15.8 Å². The smallest absolute Gasteiger partial charge is 0.248 e. The Morgan fingerprint density at radius 2 is 2.04 bits per heavy atom. The molecule has 0 spiro atoms. The fourth-order valence-electron chi connectivity index (χ4n) is 2.33. The van der Waals surface area contributed by atoms with Crippen molar-refractivity contribution < 1.29 is 14.3 Å². The molecule has 2 amide bonds. The third kappa shape index (κ3) is 4.48. The van der Waals surface area contributed by atoms with Gasteiger partial charge in [0.05, 0.1) is 18.7 Å². The second kappa shape index (κ2) is 7.98. The molecule has 1 saturated heterocycles. The minimum Gasteiger partial charge on any atom is -0.495 e. The number of amides is 2. The number of nitrogens with two attached hydrogens (primary N) is 1. The molecule has 1 aromatic carbocycles. The summed E-state index contributed by atoms with van der Waals surface area (Å²) in [6, 6.07) is 4.61. The lowest BCUT2D eigenvalue weighted by Crippen LogP contribution is -2.48. The van der Waals surface area contributed by atoms with Crippen LogP contribution in [0.25, 0.3) is 0 Å². The van der Waals surface area contributed by atoms with Crippen molar-refractivity contribution in [3.05, 3.63) is 18.2 Å². The highest BCUT2D eigenvalue weighted by Crippen LogP contribution is 2.29. The Morgan fingerprint density at radius 3 is 2.58 bits per heavy atom. The van der Waals surface area contributed by atoms with Crippen LogP contribution in [-0.4, -0.2) is 41.5 Å². The molecule has 24 heavy (non-hydrogen) atoms. The van der Waals surface area contributed by atoms with Gasteiger partial charge in [-0.1, -0.05) is 20.8 Å². The molecular weight excluding hydrogens is 350 g/mol. The maximum atomic E-state index is 12.5. The zero-order valence-electron chi connectivity index (χ0n) is 14.3. The van der Waals surface area contributed by atoms with Crippen molar-refractivity contribution >= 4 is 47.4 Å². The van der Waals surface area contributed by atoms with E-state index in [0.29, 0.717) is 28.8 Å². The van der Waals surface area contributed by atoms with Crippen LogP contribution >= 0.6 is 24.2 Å². The lowest BCUT2D eigenvalue weighted by molar-refractivity contribution is -0.143. The van der Waals surface area contributed by atoms with E-state index in [-0.39, 0.29) is 24.2 Å². The standard InChI is InChI=1S/C16H23N3O3S.ClH/c1-16(2,3)15(21)19-9-23-8-12(19)14(20)18-10-5-6-13(22-4)11(17)7-10;/h5-7,12H,8-9,17H2,1-4H3,(H,18,20);1H. The fraction of sp³-hybridized carbons (Fsp3) is 0.500. The first-order valence-electron chi connectivity index (χ1n) is 7.37. The average Bonchev–Trinajstić information content (AvgIpc) is 2.95. The highest BCUT2D eigenvalue weighted by atomic mass is 35.5. The molecule has 2 rings (SSSR count). The van der Waals surface area contributed by atoms with Crippen LogP contribution in [0.15, 0.2) is 18.2 Å². The summed E-state index contributed by atoms with van der Waals surface area (Å²) >= 11 is 1.58. The zero-order chi connectivity index (χ0) is 17.2. The summed E-state index contributed by atoms with van der Waals surface area (Å²) in [5.74, 6) is 1.48. The molecule has 0 radical (unpaired) electrons. The number of benzene rings is 1. The maximum Gasteiger partial charge on any atom is 0.248 e. The molecule has 1 fully saturated rings. The van der Waals surface area contributed by atoms with E-state index < -0.39 is 11.5 Å². The average molecular weight is 374 g/mol. The third-order valence-corrected chi connectivity index (χ3v) is 4.60. The molecule has 0 bridgehead atoms. The number of thioether (sulfide) groups is 1. The normalized spacial score (nSPS) is 17.2. The number of anilines is 2. The SMILES string of the molecule is COc1ccc(NC(=O)C2CSCN2C(=O)C(C)(C)C)cc1N.Cl. The Hall–Kier alpha value is -1.60. The second-order valence-electron chi connectivity index (χ2n) is 6.49. The number of hydrogen-bond acceptors (Lipinski definition) is 5. The summed E-state index contributed by atoms with van der Waals surface area (Å²) in [4.78, 5) is 26.6. The molecule has 1 aromatic rings. The number of halogens is 1. The van der Waals surface area contributed by atoms with Gasteiger partial charge in [0, 0.05) is 16.9 Å². The summed E-state index contributed by atoms with van der Waals surface area (Å²) in [6.07, 6.45) is 0. The highest BCUT2D eigenvalue weighted by Gasteiger charge is 2.39. The maximum absolute atomic E-state index is 12.5. The molecule has 6 nitrogen and oxygen atoms in total. The van der Waals surface area contributed by atoms with Crippen molar-refractivity contribution in [1.82, 2.24) is 4.90 Å². The van der Waals surface area contributed by atoms with Gasteiger partial charge in [0.1, 0.15) is 11.8 Å². The summed E-state index contributed by atoms with van der Waals surface area (Å²) in [5.41, 5.74) is 6.39. The Labute approximate surface area is 152 Å². The topological polar surface area (TPSA) is 84.7 Å². The molecule has 1 aliphatic heterocycles. The van der Waals surface area contributed by atoms with E-state index >= 15 is 0 Å². The van der Waals surface area contributed by atoms with Crippen LogP contribution in [0.1, 0.15) is 20.8 Å². The first-order valence-corrected chi connectivity index (χ1v) is 8.52. The van der Waals surface area contributed by atoms with Gasteiger partial charge in [-0.2, -0.15) is 0 Å². The van der Waals surface area contributed by atoms with Crippen LogP contribution in [-0.2, 0) is 9.59 Å². The van der Waals surface area contributed by atoms with Gasteiger partial charge < -0.3 is 20.7 Å². The van der Waals surface area contributed by atoms with E-state index in [1.54, 1.807) is 34.9 Å². The van der Waals surface area contributed by atoms with Gasteiger partial charge in [0.25, 0.3) is 0 Å². The number of nitrogens with zero attached hydrogens (tertiary/aromatic N) is 1. The van der Waals surface area contributed by atoms with Gasteiger partial charge in [0.2, 0.25) is 11.8 Å². The molecule has 134 valence electrons. The number of nitrogen functional groups attached to an aromatic ring is 1. The fourth-order valence-corrected chi connectivity index (χ4v) is 3.48. The van der Waals surface area contributed by atoms with Gasteiger partial charge in [-0.25, -0.2) is 0 Å². The number of carbonyl (C=O) groups is 2. The van der Waals surface area contributed by atoms with Gasteiger partial charge in [-0.05, 0) is 18.2 Å². The molecule has 0 aromatic heterocycles.